The highest BCUT2D eigenvalue weighted by Gasteiger charge is 2.19. The predicted octanol–water partition coefficient (Wildman–Crippen LogP) is 0.939. The van der Waals surface area contributed by atoms with Crippen LogP contribution in [0.3, 0.4) is 0 Å². The van der Waals surface area contributed by atoms with E-state index >= 15 is 0 Å². The molecule has 1 amide bonds. The van der Waals surface area contributed by atoms with E-state index < -0.39 is 0 Å². The number of rotatable bonds is 4. The average molecular weight is 261 g/mol. The number of hydrogen-bond donors (Lipinski definition) is 1. The molecule has 0 radical (unpaired) electrons. The fraction of sp³-hybridized carbons (Fsp3) is 0.533. The molecule has 1 aliphatic rings. The van der Waals surface area contributed by atoms with Crippen LogP contribution in [0.1, 0.15) is 12.5 Å². The Balaban J connectivity index is 1.82. The molecule has 1 aromatic rings. The molecule has 4 nitrogen and oxygen atoms in total. The summed E-state index contributed by atoms with van der Waals surface area (Å²) in [7, 11) is 1.88. The number of piperazine rings is 1. The number of nitrogens with zero attached hydrogens (tertiary/aromatic N) is 2. The Bertz CT molecular complexity index is 407. The largest absolute Gasteiger partial charge is 0.340 e. The van der Waals surface area contributed by atoms with Gasteiger partial charge in [0.2, 0.25) is 5.91 Å². The van der Waals surface area contributed by atoms with Gasteiger partial charge in [0, 0.05) is 39.3 Å². The third kappa shape index (κ3) is 4.33. The van der Waals surface area contributed by atoms with Gasteiger partial charge < -0.3 is 10.2 Å². The molecule has 4 heteroatoms. The first-order valence-corrected chi connectivity index (χ1v) is 6.89. The number of nitrogens with one attached hydrogen (secondary N) is 1. The summed E-state index contributed by atoms with van der Waals surface area (Å²) in [4.78, 5) is 16.2. The van der Waals surface area contributed by atoms with Gasteiger partial charge in [-0.25, -0.2) is 0 Å². The molecule has 0 aromatic heterocycles. The second-order valence-corrected chi connectivity index (χ2v) is 5.33. The molecule has 0 spiro atoms. The lowest BCUT2D eigenvalue weighted by molar-refractivity contribution is -0.131. The molecule has 0 aliphatic carbocycles. The Morgan fingerprint density at radius 3 is 2.84 bits per heavy atom. The van der Waals surface area contributed by atoms with Gasteiger partial charge in [-0.2, -0.15) is 0 Å². The summed E-state index contributed by atoms with van der Waals surface area (Å²) in [6, 6.07) is 10.6. The van der Waals surface area contributed by atoms with E-state index in [0.717, 1.165) is 19.6 Å². The van der Waals surface area contributed by atoms with E-state index in [1.807, 2.05) is 30.1 Å². The van der Waals surface area contributed by atoms with Crippen molar-refractivity contribution >= 4 is 5.91 Å². The van der Waals surface area contributed by atoms with Crippen molar-refractivity contribution in [3.63, 3.8) is 0 Å². The fourth-order valence-electron chi connectivity index (χ4n) is 2.41. The summed E-state index contributed by atoms with van der Waals surface area (Å²) < 4.78 is 0. The first-order valence-electron chi connectivity index (χ1n) is 6.89. The second-order valence-electron chi connectivity index (χ2n) is 5.33. The third-order valence-electron chi connectivity index (χ3n) is 3.50. The zero-order valence-corrected chi connectivity index (χ0v) is 11.8. The standard InChI is InChI=1S/C15H23N3O/c1-13-10-18(9-8-16-13)12-15(19)17(2)11-14-6-4-3-5-7-14/h3-7,13,16H,8-12H2,1-2H3. The molecule has 19 heavy (non-hydrogen) atoms. The predicted molar refractivity (Wildman–Crippen MR) is 76.8 cm³/mol. The zero-order chi connectivity index (χ0) is 13.7. The molecular weight excluding hydrogens is 238 g/mol. The van der Waals surface area contributed by atoms with Gasteiger partial charge >= 0.3 is 0 Å². The van der Waals surface area contributed by atoms with Gasteiger partial charge in [0.15, 0.2) is 0 Å². The molecule has 1 aromatic carbocycles. The molecular formula is C15H23N3O. The maximum Gasteiger partial charge on any atom is 0.236 e. The number of likely N-dealkylation sites (N-methyl/N-ethyl adjacent to an activating group) is 1. The zero-order valence-electron chi connectivity index (χ0n) is 11.8. The number of amides is 1. The Morgan fingerprint density at radius 1 is 1.42 bits per heavy atom. The van der Waals surface area contributed by atoms with Gasteiger partial charge in [-0.1, -0.05) is 30.3 Å². The van der Waals surface area contributed by atoms with Gasteiger partial charge in [-0.05, 0) is 12.5 Å². The summed E-state index contributed by atoms with van der Waals surface area (Å²) in [6.45, 7) is 6.23. The normalized spacial score (nSPS) is 20.2. The van der Waals surface area contributed by atoms with Crippen LogP contribution in [-0.4, -0.2) is 55.0 Å². The van der Waals surface area contributed by atoms with Gasteiger partial charge in [0.05, 0.1) is 6.54 Å². The van der Waals surface area contributed by atoms with Crippen molar-refractivity contribution in [1.82, 2.24) is 15.1 Å². The SMILES string of the molecule is CC1CN(CC(=O)N(C)Cc2ccccc2)CCN1. The van der Waals surface area contributed by atoms with Crippen LogP contribution in [-0.2, 0) is 11.3 Å². The maximum atomic E-state index is 12.2. The molecule has 0 saturated carbocycles. The molecule has 1 aliphatic heterocycles. The van der Waals surface area contributed by atoms with Crippen molar-refractivity contribution < 1.29 is 4.79 Å². The van der Waals surface area contributed by atoms with Crippen LogP contribution < -0.4 is 5.32 Å². The first-order chi connectivity index (χ1) is 9.15. The molecule has 2 rings (SSSR count). The molecule has 1 atom stereocenters. The lowest BCUT2D eigenvalue weighted by Crippen LogP contribution is -2.51. The van der Waals surface area contributed by atoms with Crippen LogP contribution in [0.15, 0.2) is 30.3 Å². The molecule has 1 fully saturated rings. The summed E-state index contributed by atoms with van der Waals surface area (Å²) in [5, 5.41) is 3.39. The number of carbonyl (C=O) groups is 1. The summed E-state index contributed by atoms with van der Waals surface area (Å²) in [6.07, 6.45) is 0. The van der Waals surface area contributed by atoms with Crippen LogP contribution >= 0.6 is 0 Å². The Hall–Kier alpha value is -1.39. The van der Waals surface area contributed by atoms with E-state index in [-0.39, 0.29) is 5.91 Å². The van der Waals surface area contributed by atoms with E-state index in [1.165, 1.54) is 5.56 Å². The monoisotopic (exact) mass is 261 g/mol. The van der Waals surface area contributed by atoms with Gasteiger partial charge in [-0.3, -0.25) is 9.69 Å². The quantitative estimate of drug-likeness (QED) is 0.876. The van der Waals surface area contributed by atoms with Crippen LogP contribution in [0, 0.1) is 0 Å². The van der Waals surface area contributed by atoms with Crippen LogP contribution in [0.25, 0.3) is 0 Å². The minimum Gasteiger partial charge on any atom is -0.340 e. The first kappa shape index (κ1) is 14.0. The minimum atomic E-state index is 0.193. The van der Waals surface area contributed by atoms with Crippen molar-refractivity contribution in [2.24, 2.45) is 0 Å². The Labute approximate surface area is 115 Å². The van der Waals surface area contributed by atoms with Gasteiger partial charge in [0.25, 0.3) is 0 Å². The van der Waals surface area contributed by atoms with Crippen LogP contribution in [0.5, 0.6) is 0 Å². The molecule has 1 saturated heterocycles. The highest BCUT2D eigenvalue weighted by atomic mass is 16.2. The topological polar surface area (TPSA) is 35.6 Å². The number of hydrogen-bond acceptors (Lipinski definition) is 3. The van der Waals surface area contributed by atoms with Gasteiger partial charge in [-0.15, -0.1) is 0 Å². The van der Waals surface area contributed by atoms with Crippen molar-refractivity contribution in [2.75, 3.05) is 33.2 Å². The summed E-state index contributed by atoms with van der Waals surface area (Å²) >= 11 is 0. The van der Waals surface area contributed by atoms with Crippen LogP contribution in [0.4, 0.5) is 0 Å². The average Bonchev–Trinajstić information content (AvgIpc) is 2.40. The Morgan fingerprint density at radius 2 is 2.16 bits per heavy atom. The Kier molecular flexibility index (Phi) is 4.93. The highest BCUT2D eigenvalue weighted by Crippen LogP contribution is 2.04. The molecule has 1 N–H and O–H groups in total. The van der Waals surface area contributed by atoms with Crippen molar-refractivity contribution in [2.45, 2.75) is 19.5 Å². The van der Waals surface area contributed by atoms with E-state index in [0.29, 0.717) is 19.1 Å². The van der Waals surface area contributed by atoms with E-state index in [1.54, 1.807) is 0 Å². The highest BCUT2D eigenvalue weighted by molar-refractivity contribution is 5.78. The number of benzene rings is 1. The summed E-state index contributed by atoms with van der Waals surface area (Å²) in [5.41, 5.74) is 1.17. The minimum absolute atomic E-state index is 0.193. The van der Waals surface area contributed by atoms with Crippen LogP contribution in [0.2, 0.25) is 0 Å². The lowest BCUT2D eigenvalue weighted by atomic mass is 10.2. The van der Waals surface area contributed by atoms with E-state index in [4.69, 9.17) is 0 Å². The van der Waals surface area contributed by atoms with Crippen molar-refractivity contribution in [3.05, 3.63) is 35.9 Å². The van der Waals surface area contributed by atoms with Crippen molar-refractivity contribution in [1.29, 1.82) is 0 Å². The molecule has 104 valence electrons. The molecule has 0 bridgehead atoms. The van der Waals surface area contributed by atoms with Gasteiger partial charge in [0.1, 0.15) is 0 Å². The lowest BCUT2D eigenvalue weighted by Gasteiger charge is -2.32. The van der Waals surface area contributed by atoms with E-state index in [2.05, 4.69) is 29.3 Å². The maximum absolute atomic E-state index is 12.2. The molecule has 1 unspecified atom stereocenters. The van der Waals surface area contributed by atoms with Crippen molar-refractivity contribution in [3.8, 4) is 0 Å². The summed E-state index contributed by atoms with van der Waals surface area (Å²) in [5.74, 6) is 0.193. The van der Waals surface area contributed by atoms with E-state index in [9.17, 15) is 4.79 Å². The molecule has 1 heterocycles. The number of carbonyl (C=O) groups excluding carboxylic acids is 1. The fourth-order valence-corrected chi connectivity index (χ4v) is 2.41. The third-order valence-corrected chi connectivity index (χ3v) is 3.50. The smallest absolute Gasteiger partial charge is 0.236 e. The second kappa shape index (κ2) is 6.68.